The largest absolute Gasteiger partial charge is 0.313 e. The Kier molecular flexibility index (Phi) is 6.48. The predicted molar refractivity (Wildman–Crippen MR) is 85.3 cm³/mol. The number of nitrogens with one attached hydrogen (secondary N) is 1. The van der Waals surface area contributed by atoms with E-state index in [1.807, 2.05) is 13.8 Å². The number of piperidine rings is 1. The summed E-state index contributed by atoms with van der Waals surface area (Å²) in [5, 5.41) is 3.44. The lowest BCUT2D eigenvalue weighted by molar-refractivity contribution is 0.280. The second-order valence-corrected chi connectivity index (χ2v) is 9.48. The molecule has 20 heavy (non-hydrogen) atoms. The zero-order chi connectivity index (χ0) is 15.4. The van der Waals surface area contributed by atoms with Gasteiger partial charge in [-0.05, 0) is 45.1 Å². The summed E-state index contributed by atoms with van der Waals surface area (Å²) in [6.07, 6.45) is 4.19. The molecule has 1 saturated heterocycles. The average Bonchev–Trinajstić information content (AvgIpc) is 2.34. The van der Waals surface area contributed by atoms with E-state index in [2.05, 4.69) is 26.1 Å². The Bertz CT molecular complexity index is 379. The van der Waals surface area contributed by atoms with Gasteiger partial charge in [-0.3, -0.25) is 0 Å². The molecule has 1 unspecified atom stereocenters. The Morgan fingerprint density at radius 1 is 1.25 bits per heavy atom. The molecule has 5 heteroatoms. The minimum atomic E-state index is -3.16. The minimum absolute atomic E-state index is 0.0312. The van der Waals surface area contributed by atoms with Crippen LogP contribution in [0.25, 0.3) is 0 Å². The first-order valence-electron chi connectivity index (χ1n) is 7.85. The van der Waals surface area contributed by atoms with E-state index in [9.17, 15) is 8.42 Å². The van der Waals surface area contributed by atoms with Crippen molar-refractivity contribution in [2.45, 2.75) is 72.4 Å². The van der Waals surface area contributed by atoms with Gasteiger partial charge in [0.1, 0.15) is 0 Å². The van der Waals surface area contributed by atoms with E-state index < -0.39 is 10.0 Å². The van der Waals surface area contributed by atoms with Crippen molar-refractivity contribution in [3.63, 3.8) is 0 Å². The first kappa shape index (κ1) is 17.9. The molecule has 0 spiro atoms. The molecule has 1 heterocycles. The summed E-state index contributed by atoms with van der Waals surface area (Å²) in [4.78, 5) is 0. The fourth-order valence-electron chi connectivity index (χ4n) is 2.50. The highest BCUT2D eigenvalue weighted by Gasteiger charge is 2.29. The number of hydrogen-bond donors (Lipinski definition) is 1. The number of rotatable bonds is 6. The van der Waals surface area contributed by atoms with E-state index in [0.717, 1.165) is 13.0 Å². The first-order chi connectivity index (χ1) is 9.12. The van der Waals surface area contributed by atoms with Gasteiger partial charge in [-0.15, -0.1) is 0 Å². The molecule has 0 saturated carbocycles. The highest BCUT2D eigenvalue weighted by molar-refractivity contribution is 7.89. The summed E-state index contributed by atoms with van der Waals surface area (Å²) in [6, 6.07) is 0.347. The van der Waals surface area contributed by atoms with E-state index in [-0.39, 0.29) is 17.2 Å². The van der Waals surface area contributed by atoms with Crippen molar-refractivity contribution < 1.29 is 8.42 Å². The Morgan fingerprint density at radius 3 is 2.35 bits per heavy atom. The molecule has 0 aliphatic carbocycles. The number of nitrogens with zero attached hydrogens (tertiary/aromatic N) is 1. The van der Waals surface area contributed by atoms with E-state index in [4.69, 9.17) is 0 Å². The molecule has 1 aliphatic heterocycles. The molecule has 1 atom stereocenters. The Hall–Kier alpha value is -0.130. The number of sulfonamides is 1. The summed E-state index contributed by atoms with van der Waals surface area (Å²) in [7, 11) is -3.16. The van der Waals surface area contributed by atoms with E-state index in [1.165, 1.54) is 12.8 Å². The van der Waals surface area contributed by atoms with Gasteiger partial charge in [0.15, 0.2) is 0 Å². The summed E-state index contributed by atoms with van der Waals surface area (Å²) in [6.45, 7) is 11.8. The third-order valence-corrected chi connectivity index (χ3v) is 5.86. The number of hydrogen-bond acceptors (Lipinski definition) is 3. The molecule has 0 amide bonds. The van der Waals surface area contributed by atoms with E-state index >= 15 is 0 Å². The zero-order valence-electron chi connectivity index (χ0n) is 13.8. The van der Waals surface area contributed by atoms with Crippen LogP contribution in [0.1, 0.15) is 60.3 Å². The van der Waals surface area contributed by atoms with Crippen molar-refractivity contribution in [2.75, 3.05) is 18.8 Å². The molecule has 120 valence electrons. The molecular formula is C15H32N2O2S. The van der Waals surface area contributed by atoms with Gasteiger partial charge < -0.3 is 5.32 Å². The van der Waals surface area contributed by atoms with Crippen LogP contribution in [0.15, 0.2) is 0 Å². The van der Waals surface area contributed by atoms with Crippen LogP contribution in [0.4, 0.5) is 0 Å². The Labute approximate surface area is 125 Å². The van der Waals surface area contributed by atoms with Crippen LogP contribution in [0.5, 0.6) is 0 Å². The average molecular weight is 305 g/mol. The highest BCUT2D eigenvalue weighted by Crippen LogP contribution is 2.22. The lowest BCUT2D eigenvalue weighted by Crippen LogP contribution is -2.49. The molecule has 0 aromatic carbocycles. The normalized spacial score (nSPS) is 21.6. The van der Waals surface area contributed by atoms with Crippen LogP contribution in [-0.4, -0.2) is 43.6 Å². The first-order valence-corrected chi connectivity index (χ1v) is 9.46. The maximum absolute atomic E-state index is 12.6. The molecule has 0 bridgehead atoms. The van der Waals surface area contributed by atoms with E-state index in [1.54, 1.807) is 4.31 Å². The molecule has 4 nitrogen and oxygen atoms in total. The van der Waals surface area contributed by atoms with Gasteiger partial charge in [-0.1, -0.05) is 27.2 Å². The van der Waals surface area contributed by atoms with Crippen molar-refractivity contribution in [3.8, 4) is 0 Å². The predicted octanol–water partition coefficient (Wildman–Crippen LogP) is 2.60. The smallest absolute Gasteiger partial charge is 0.214 e. The lowest BCUT2D eigenvalue weighted by Gasteiger charge is -2.33. The highest BCUT2D eigenvalue weighted by atomic mass is 32.2. The molecule has 1 aliphatic rings. The van der Waals surface area contributed by atoms with Gasteiger partial charge in [0, 0.05) is 18.6 Å². The second kappa shape index (κ2) is 7.23. The van der Waals surface area contributed by atoms with Gasteiger partial charge >= 0.3 is 0 Å². The molecule has 1 N–H and O–H groups in total. The van der Waals surface area contributed by atoms with Crippen LogP contribution in [0.3, 0.4) is 0 Å². The topological polar surface area (TPSA) is 49.4 Å². The third kappa shape index (κ3) is 6.10. The van der Waals surface area contributed by atoms with Crippen molar-refractivity contribution in [3.05, 3.63) is 0 Å². The molecule has 0 aromatic rings. The summed E-state index contributed by atoms with van der Waals surface area (Å²) in [5.41, 5.74) is 0.0544. The monoisotopic (exact) mass is 304 g/mol. The fraction of sp³-hybridized carbons (Fsp3) is 1.00. The third-order valence-electron chi connectivity index (χ3n) is 3.86. The van der Waals surface area contributed by atoms with Crippen molar-refractivity contribution in [1.82, 2.24) is 9.62 Å². The SMILES string of the molecule is CC(C)N(CC1CCCCN1)S(=O)(=O)CCC(C)(C)C. The van der Waals surface area contributed by atoms with Gasteiger partial charge in [0.25, 0.3) is 0 Å². The molecule has 0 aromatic heterocycles. The summed E-state index contributed by atoms with van der Waals surface area (Å²) >= 11 is 0. The molecule has 1 rings (SSSR count). The summed E-state index contributed by atoms with van der Waals surface area (Å²) in [5.74, 6) is 0.251. The van der Waals surface area contributed by atoms with Crippen molar-refractivity contribution >= 4 is 10.0 Å². The second-order valence-electron chi connectivity index (χ2n) is 7.44. The lowest BCUT2D eigenvalue weighted by atomic mass is 9.94. The maximum Gasteiger partial charge on any atom is 0.214 e. The fourth-order valence-corrected chi connectivity index (χ4v) is 4.65. The maximum atomic E-state index is 12.6. The van der Waals surface area contributed by atoms with Crippen LogP contribution in [-0.2, 0) is 10.0 Å². The standard InChI is InChI=1S/C15H32N2O2S/c1-13(2)17(12-14-8-6-7-10-16-14)20(18,19)11-9-15(3,4)5/h13-14,16H,6-12H2,1-5H3. The van der Waals surface area contributed by atoms with Crippen LogP contribution >= 0.6 is 0 Å². The summed E-state index contributed by atoms with van der Waals surface area (Å²) < 4.78 is 26.9. The van der Waals surface area contributed by atoms with Crippen molar-refractivity contribution in [1.29, 1.82) is 0 Å². The van der Waals surface area contributed by atoms with Crippen LogP contribution < -0.4 is 5.32 Å². The van der Waals surface area contributed by atoms with Crippen LogP contribution in [0, 0.1) is 5.41 Å². The van der Waals surface area contributed by atoms with Gasteiger partial charge in [0.2, 0.25) is 10.0 Å². The molecular weight excluding hydrogens is 272 g/mol. The van der Waals surface area contributed by atoms with Crippen molar-refractivity contribution in [2.24, 2.45) is 5.41 Å². The van der Waals surface area contributed by atoms with Gasteiger partial charge in [-0.2, -0.15) is 4.31 Å². The Balaban J connectivity index is 2.68. The Morgan fingerprint density at radius 2 is 1.90 bits per heavy atom. The molecule has 0 radical (unpaired) electrons. The van der Waals surface area contributed by atoms with E-state index in [0.29, 0.717) is 19.0 Å². The zero-order valence-corrected chi connectivity index (χ0v) is 14.6. The van der Waals surface area contributed by atoms with Gasteiger partial charge in [0.05, 0.1) is 5.75 Å². The quantitative estimate of drug-likeness (QED) is 0.820. The van der Waals surface area contributed by atoms with Gasteiger partial charge in [-0.25, -0.2) is 8.42 Å². The molecule has 1 fully saturated rings. The van der Waals surface area contributed by atoms with Crippen LogP contribution in [0.2, 0.25) is 0 Å². The minimum Gasteiger partial charge on any atom is -0.313 e.